The van der Waals surface area contributed by atoms with Crippen LogP contribution in [-0.4, -0.2) is 22.9 Å². The van der Waals surface area contributed by atoms with Crippen LogP contribution in [0.5, 0.6) is 0 Å². The first-order valence-corrected chi connectivity index (χ1v) is 4.80. The fraction of sp³-hybridized carbons (Fsp3) is 0.857. The maximum absolute atomic E-state index is 4.18. The van der Waals surface area contributed by atoms with Crippen molar-refractivity contribution >= 4 is 18.2 Å². The predicted octanol–water partition coefficient (Wildman–Crippen LogP) is 2.13. The van der Waals surface area contributed by atoms with Gasteiger partial charge in [0.2, 0.25) is 0 Å². The summed E-state index contributed by atoms with van der Waals surface area (Å²) in [5.74, 6) is 1.06. The average molecular weight is 158 g/mol. The summed E-state index contributed by atoms with van der Waals surface area (Å²) in [6, 6.07) is 0. The predicted molar refractivity (Wildman–Crippen MR) is 47.2 cm³/mol. The van der Waals surface area contributed by atoms with E-state index < -0.39 is 0 Å². The van der Waals surface area contributed by atoms with Gasteiger partial charge in [0.1, 0.15) is 0 Å². The minimum Gasteiger partial charge on any atom is -0.239 e. The van der Waals surface area contributed by atoms with Gasteiger partial charge < -0.3 is 0 Å². The van der Waals surface area contributed by atoms with Gasteiger partial charge in [-0.2, -0.15) is 5.10 Å². The molecule has 1 heterocycles. The highest BCUT2D eigenvalue weighted by molar-refractivity contribution is 7.97. The molecule has 0 amide bonds. The third kappa shape index (κ3) is 2.60. The number of rotatable bonds is 4. The SMILES string of the molecule is CCCCCN1N=CCS1. The number of nitrogens with zero attached hydrogens (tertiary/aromatic N) is 2. The Hall–Kier alpha value is -0.180. The Kier molecular flexibility index (Phi) is 3.65. The van der Waals surface area contributed by atoms with Crippen LogP contribution >= 0.6 is 11.9 Å². The molecule has 0 bridgehead atoms. The molecule has 0 saturated carbocycles. The number of hydrazone groups is 1. The number of hydrogen-bond acceptors (Lipinski definition) is 3. The first-order valence-electron chi connectivity index (χ1n) is 3.86. The van der Waals surface area contributed by atoms with Gasteiger partial charge in [0, 0.05) is 12.8 Å². The fourth-order valence-electron chi connectivity index (χ4n) is 0.896. The van der Waals surface area contributed by atoms with Crippen molar-refractivity contribution in [3.05, 3.63) is 0 Å². The Morgan fingerprint density at radius 1 is 1.60 bits per heavy atom. The van der Waals surface area contributed by atoms with Gasteiger partial charge in [-0.25, -0.2) is 4.41 Å². The summed E-state index contributed by atoms with van der Waals surface area (Å²) in [5.41, 5.74) is 0. The van der Waals surface area contributed by atoms with Crippen LogP contribution in [0.15, 0.2) is 5.10 Å². The molecule has 2 nitrogen and oxygen atoms in total. The highest BCUT2D eigenvalue weighted by atomic mass is 32.2. The Bertz CT molecular complexity index is 114. The molecule has 0 saturated heterocycles. The van der Waals surface area contributed by atoms with Crippen molar-refractivity contribution in [3.63, 3.8) is 0 Å². The Balaban J connectivity index is 1.97. The monoisotopic (exact) mass is 158 g/mol. The zero-order valence-corrected chi connectivity index (χ0v) is 7.23. The van der Waals surface area contributed by atoms with E-state index in [-0.39, 0.29) is 0 Å². The molecule has 0 radical (unpaired) electrons. The molecule has 58 valence electrons. The van der Waals surface area contributed by atoms with Gasteiger partial charge in [-0.05, 0) is 18.4 Å². The van der Waals surface area contributed by atoms with Crippen molar-refractivity contribution in [2.45, 2.75) is 26.2 Å². The van der Waals surface area contributed by atoms with Gasteiger partial charge in [-0.15, -0.1) is 0 Å². The van der Waals surface area contributed by atoms with Crippen molar-refractivity contribution in [1.82, 2.24) is 4.41 Å². The lowest BCUT2D eigenvalue weighted by Crippen LogP contribution is -2.05. The van der Waals surface area contributed by atoms with E-state index in [0.29, 0.717) is 0 Å². The summed E-state index contributed by atoms with van der Waals surface area (Å²) in [6.45, 7) is 3.34. The lowest BCUT2D eigenvalue weighted by atomic mass is 10.2. The highest BCUT2D eigenvalue weighted by Gasteiger charge is 2.04. The smallest absolute Gasteiger partial charge is 0.0522 e. The Morgan fingerprint density at radius 3 is 3.10 bits per heavy atom. The topological polar surface area (TPSA) is 15.6 Å². The molecule has 0 aliphatic carbocycles. The molecule has 1 rings (SSSR count). The van der Waals surface area contributed by atoms with Crippen LogP contribution in [0, 0.1) is 0 Å². The third-order valence-corrected chi connectivity index (χ3v) is 2.33. The van der Waals surface area contributed by atoms with Gasteiger partial charge in [0.15, 0.2) is 0 Å². The molecule has 0 aromatic carbocycles. The van der Waals surface area contributed by atoms with Crippen molar-refractivity contribution in [2.75, 3.05) is 12.3 Å². The van der Waals surface area contributed by atoms with Gasteiger partial charge in [-0.3, -0.25) is 0 Å². The summed E-state index contributed by atoms with van der Waals surface area (Å²) < 4.78 is 2.08. The lowest BCUT2D eigenvalue weighted by Gasteiger charge is -2.10. The summed E-state index contributed by atoms with van der Waals surface area (Å²) in [5, 5.41) is 4.18. The molecule has 0 spiro atoms. The van der Waals surface area contributed by atoms with Crippen LogP contribution in [-0.2, 0) is 0 Å². The van der Waals surface area contributed by atoms with E-state index in [2.05, 4.69) is 16.4 Å². The van der Waals surface area contributed by atoms with Gasteiger partial charge >= 0.3 is 0 Å². The first kappa shape index (κ1) is 7.92. The van der Waals surface area contributed by atoms with E-state index in [1.165, 1.54) is 19.3 Å². The van der Waals surface area contributed by atoms with E-state index in [4.69, 9.17) is 0 Å². The Labute approximate surface area is 66.8 Å². The summed E-state index contributed by atoms with van der Waals surface area (Å²) >= 11 is 1.80. The molecular formula is C7H14N2S. The largest absolute Gasteiger partial charge is 0.239 e. The van der Waals surface area contributed by atoms with Crippen molar-refractivity contribution in [1.29, 1.82) is 0 Å². The van der Waals surface area contributed by atoms with E-state index in [1.807, 2.05) is 6.21 Å². The van der Waals surface area contributed by atoms with E-state index >= 15 is 0 Å². The molecule has 10 heavy (non-hydrogen) atoms. The first-order chi connectivity index (χ1) is 4.93. The maximum atomic E-state index is 4.18. The van der Waals surface area contributed by atoms with Gasteiger partial charge in [0.25, 0.3) is 0 Å². The molecule has 0 aromatic heterocycles. The second-order valence-electron chi connectivity index (χ2n) is 2.38. The zero-order valence-electron chi connectivity index (χ0n) is 6.42. The second kappa shape index (κ2) is 4.61. The average Bonchev–Trinajstić information content (AvgIpc) is 2.41. The molecule has 1 aliphatic rings. The quantitative estimate of drug-likeness (QED) is 0.460. The third-order valence-electron chi connectivity index (χ3n) is 1.46. The van der Waals surface area contributed by atoms with Crippen LogP contribution in [0.25, 0.3) is 0 Å². The number of unbranched alkanes of at least 4 members (excludes halogenated alkanes) is 2. The van der Waals surface area contributed by atoms with Crippen molar-refractivity contribution in [2.24, 2.45) is 5.10 Å². The van der Waals surface area contributed by atoms with Crippen LogP contribution in [0.1, 0.15) is 26.2 Å². The van der Waals surface area contributed by atoms with Crippen LogP contribution in [0.2, 0.25) is 0 Å². The van der Waals surface area contributed by atoms with Crippen LogP contribution < -0.4 is 0 Å². The summed E-state index contributed by atoms with van der Waals surface area (Å²) in [7, 11) is 0. The van der Waals surface area contributed by atoms with E-state index in [9.17, 15) is 0 Å². The van der Waals surface area contributed by atoms with Crippen LogP contribution in [0.4, 0.5) is 0 Å². The summed E-state index contributed by atoms with van der Waals surface area (Å²) in [4.78, 5) is 0. The minimum absolute atomic E-state index is 1.06. The maximum Gasteiger partial charge on any atom is 0.0522 e. The molecule has 0 aromatic rings. The highest BCUT2D eigenvalue weighted by Crippen LogP contribution is 2.15. The molecule has 3 heteroatoms. The molecule has 0 fully saturated rings. The van der Waals surface area contributed by atoms with E-state index in [1.54, 1.807) is 11.9 Å². The molecule has 0 atom stereocenters. The van der Waals surface area contributed by atoms with E-state index in [0.717, 1.165) is 12.3 Å². The standard InChI is InChI=1S/C7H14N2S/c1-2-3-4-6-9-8-5-7-10-9/h5H,2-4,6-7H2,1H3. The minimum atomic E-state index is 1.06. The van der Waals surface area contributed by atoms with Crippen LogP contribution in [0.3, 0.4) is 0 Å². The second-order valence-corrected chi connectivity index (χ2v) is 3.39. The lowest BCUT2D eigenvalue weighted by molar-refractivity contribution is 0.483. The Morgan fingerprint density at radius 2 is 2.50 bits per heavy atom. The molecule has 1 aliphatic heterocycles. The zero-order chi connectivity index (χ0) is 7.23. The van der Waals surface area contributed by atoms with Crippen molar-refractivity contribution in [3.8, 4) is 0 Å². The van der Waals surface area contributed by atoms with Gasteiger partial charge in [0.05, 0.1) is 5.75 Å². The molecular weight excluding hydrogens is 144 g/mol. The normalized spacial score (nSPS) is 16.7. The van der Waals surface area contributed by atoms with Crippen molar-refractivity contribution < 1.29 is 0 Å². The number of hydrogen-bond donors (Lipinski definition) is 0. The fourth-order valence-corrected chi connectivity index (χ4v) is 1.59. The van der Waals surface area contributed by atoms with Gasteiger partial charge in [-0.1, -0.05) is 19.8 Å². The molecule has 0 unspecified atom stereocenters. The molecule has 0 N–H and O–H groups in total. The summed E-state index contributed by atoms with van der Waals surface area (Å²) in [6.07, 6.45) is 5.87.